The van der Waals surface area contributed by atoms with Crippen LogP contribution in [0.25, 0.3) is 0 Å². The zero-order valence-electron chi connectivity index (χ0n) is 10.6. The molecular weight excluding hydrogens is 218 g/mol. The molecule has 0 bridgehead atoms. The van der Waals surface area contributed by atoms with Gasteiger partial charge in [0.2, 0.25) is 0 Å². The van der Waals surface area contributed by atoms with Gasteiger partial charge in [0.25, 0.3) is 0 Å². The van der Waals surface area contributed by atoms with Crippen molar-refractivity contribution in [3.63, 3.8) is 0 Å². The largest absolute Gasteiger partial charge is 0.480 e. The van der Waals surface area contributed by atoms with Crippen LogP contribution in [0.1, 0.15) is 39.0 Å². The van der Waals surface area contributed by atoms with Crippen molar-refractivity contribution in [3.05, 3.63) is 0 Å². The Morgan fingerprint density at radius 3 is 2.47 bits per heavy atom. The fourth-order valence-electron chi connectivity index (χ4n) is 2.50. The molecule has 0 amide bonds. The van der Waals surface area contributed by atoms with Gasteiger partial charge in [0.1, 0.15) is 6.04 Å². The predicted molar refractivity (Wildman–Crippen MR) is 65.0 cm³/mol. The van der Waals surface area contributed by atoms with Gasteiger partial charge in [0.05, 0.1) is 6.10 Å². The third-order valence-corrected chi connectivity index (χ3v) is 3.85. The summed E-state index contributed by atoms with van der Waals surface area (Å²) >= 11 is 0. The lowest BCUT2D eigenvalue weighted by Gasteiger charge is -2.35. The Labute approximate surface area is 103 Å². The maximum Gasteiger partial charge on any atom is 0.320 e. The van der Waals surface area contributed by atoms with Crippen LogP contribution in [0.5, 0.6) is 0 Å². The van der Waals surface area contributed by atoms with Crippen molar-refractivity contribution in [2.45, 2.75) is 51.2 Å². The van der Waals surface area contributed by atoms with Crippen molar-refractivity contribution < 1.29 is 14.6 Å². The molecule has 0 aromatic heterocycles. The summed E-state index contributed by atoms with van der Waals surface area (Å²) in [6.07, 6.45) is 5.67. The first kappa shape index (κ1) is 12.8. The number of likely N-dealkylation sites (tertiary alicyclic amines) is 1. The lowest BCUT2D eigenvalue weighted by atomic mass is 10.0. The minimum atomic E-state index is -0.690. The van der Waals surface area contributed by atoms with Crippen LogP contribution in [0.4, 0.5) is 0 Å². The van der Waals surface area contributed by atoms with Crippen molar-refractivity contribution in [1.29, 1.82) is 0 Å². The number of nitrogens with zero attached hydrogens (tertiary/aromatic N) is 1. The molecule has 2 fully saturated rings. The van der Waals surface area contributed by atoms with Crippen molar-refractivity contribution in [1.82, 2.24) is 4.90 Å². The lowest BCUT2D eigenvalue weighted by molar-refractivity contribution is -0.144. The van der Waals surface area contributed by atoms with Crippen LogP contribution < -0.4 is 0 Å². The maximum atomic E-state index is 11.1. The number of carbonyl (C=O) groups is 1. The van der Waals surface area contributed by atoms with E-state index in [0.717, 1.165) is 38.5 Å². The molecule has 1 N–H and O–H groups in total. The highest BCUT2D eigenvalue weighted by atomic mass is 16.5. The molecular formula is C13H23NO3. The van der Waals surface area contributed by atoms with E-state index in [9.17, 15) is 4.79 Å². The Bertz CT molecular complexity index is 257. The highest BCUT2D eigenvalue weighted by Crippen LogP contribution is 2.30. The monoisotopic (exact) mass is 241 g/mol. The Hall–Kier alpha value is -0.610. The van der Waals surface area contributed by atoms with E-state index in [1.165, 1.54) is 12.8 Å². The number of hydrogen-bond acceptors (Lipinski definition) is 3. The van der Waals surface area contributed by atoms with E-state index in [2.05, 4.69) is 4.90 Å². The molecule has 4 heteroatoms. The van der Waals surface area contributed by atoms with Crippen molar-refractivity contribution in [3.8, 4) is 0 Å². The highest BCUT2D eigenvalue weighted by Gasteiger charge is 2.29. The topological polar surface area (TPSA) is 49.8 Å². The molecule has 1 aliphatic carbocycles. The van der Waals surface area contributed by atoms with E-state index in [-0.39, 0.29) is 6.04 Å². The second-order valence-corrected chi connectivity index (χ2v) is 5.27. The summed E-state index contributed by atoms with van der Waals surface area (Å²) in [5.41, 5.74) is 0. The van der Waals surface area contributed by atoms with Gasteiger partial charge in [-0.2, -0.15) is 0 Å². The van der Waals surface area contributed by atoms with Gasteiger partial charge in [-0.05, 0) is 38.0 Å². The van der Waals surface area contributed by atoms with E-state index in [0.29, 0.717) is 12.5 Å². The van der Waals surface area contributed by atoms with Crippen LogP contribution in [-0.4, -0.2) is 47.8 Å². The highest BCUT2D eigenvalue weighted by molar-refractivity contribution is 5.73. The van der Waals surface area contributed by atoms with Crippen LogP contribution in [0, 0.1) is 5.92 Å². The van der Waals surface area contributed by atoms with Gasteiger partial charge >= 0.3 is 5.97 Å². The van der Waals surface area contributed by atoms with Crippen molar-refractivity contribution in [2.24, 2.45) is 5.92 Å². The molecule has 1 atom stereocenters. The second kappa shape index (κ2) is 5.83. The molecule has 4 nitrogen and oxygen atoms in total. The predicted octanol–water partition coefficient (Wildman–Crippen LogP) is 1.74. The summed E-state index contributed by atoms with van der Waals surface area (Å²) in [6.45, 7) is 4.58. The van der Waals surface area contributed by atoms with Crippen molar-refractivity contribution in [2.75, 3.05) is 19.7 Å². The molecule has 2 aliphatic rings. The van der Waals surface area contributed by atoms with Gasteiger partial charge in [-0.3, -0.25) is 9.69 Å². The quantitative estimate of drug-likeness (QED) is 0.769. The molecule has 1 saturated carbocycles. The smallest absolute Gasteiger partial charge is 0.320 e. The molecule has 0 aromatic rings. The zero-order chi connectivity index (χ0) is 12.3. The van der Waals surface area contributed by atoms with Gasteiger partial charge in [-0.25, -0.2) is 0 Å². The van der Waals surface area contributed by atoms with E-state index in [4.69, 9.17) is 9.84 Å². The minimum Gasteiger partial charge on any atom is -0.480 e. The number of carboxylic acid groups (broad SMARTS) is 1. The summed E-state index contributed by atoms with van der Waals surface area (Å²) in [5, 5.41) is 9.10. The average Bonchev–Trinajstić information content (AvgIpc) is 3.12. The maximum absolute atomic E-state index is 11.1. The molecule has 98 valence electrons. The Balaban J connectivity index is 1.70. The second-order valence-electron chi connectivity index (χ2n) is 5.27. The fraction of sp³-hybridized carbons (Fsp3) is 0.923. The summed E-state index contributed by atoms with van der Waals surface area (Å²) in [6, 6.07) is -0.306. The van der Waals surface area contributed by atoms with Gasteiger partial charge in [0, 0.05) is 19.7 Å². The van der Waals surface area contributed by atoms with Crippen molar-refractivity contribution >= 4 is 5.97 Å². The van der Waals surface area contributed by atoms with Crippen LogP contribution in [0.3, 0.4) is 0 Å². The summed E-state index contributed by atoms with van der Waals surface area (Å²) in [4.78, 5) is 13.1. The molecule has 0 spiro atoms. The van der Waals surface area contributed by atoms with E-state index >= 15 is 0 Å². The Kier molecular flexibility index (Phi) is 4.40. The first-order chi connectivity index (χ1) is 8.20. The molecule has 1 aliphatic heterocycles. The molecule has 0 aromatic carbocycles. The summed E-state index contributed by atoms with van der Waals surface area (Å²) < 4.78 is 5.85. The third-order valence-electron chi connectivity index (χ3n) is 3.85. The van der Waals surface area contributed by atoms with Gasteiger partial charge in [-0.15, -0.1) is 0 Å². The van der Waals surface area contributed by atoms with Gasteiger partial charge in [-0.1, -0.05) is 6.92 Å². The SMILES string of the molecule is CCC(C(=O)O)N1CCC(OCC2CC2)CC1. The van der Waals surface area contributed by atoms with Crippen LogP contribution in [0.2, 0.25) is 0 Å². The van der Waals surface area contributed by atoms with E-state index in [1.807, 2.05) is 6.92 Å². The molecule has 1 saturated heterocycles. The zero-order valence-corrected chi connectivity index (χ0v) is 10.6. The first-order valence-corrected chi connectivity index (χ1v) is 6.79. The Morgan fingerprint density at radius 2 is 2.00 bits per heavy atom. The molecule has 17 heavy (non-hydrogen) atoms. The summed E-state index contributed by atoms with van der Waals surface area (Å²) in [5.74, 6) is 0.125. The third kappa shape index (κ3) is 3.68. The van der Waals surface area contributed by atoms with Gasteiger partial charge < -0.3 is 9.84 Å². The number of carboxylic acids is 1. The molecule has 1 heterocycles. The number of ether oxygens (including phenoxy) is 1. The number of piperidine rings is 1. The van der Waals surface area contributed by atoms with Crippen LogP contribution >= 0.6 is 0 Å². The number of hydrogen-bond donors (Lipinski definition) is 1. The fourth-order valence-corrected chi connectivity index (χ4v) is 2.50. The van der Waals surface area contributed by atoms with E-state index < -0.39 is 5.97 Å². The molecule has 2 rings (SSSR count). The number of aliphatic carboxylic acids is 1. The lowest BCUT2D eigenvalue weighted by Crippen LogP contribution is -2.46. The Morgan fingerprint density at radius 1 is 1.35 bits per heavy atom. The van der Waals surface area contributed by atoms with Crippen LogP contribution in [0.15, 0.2) is 0 Å². The molecule has 0 radical (unpaired) electrons. The average molecular weight is 241 g/mol. The van der Waals surface area contributed by atoms with Crippen LogP contribution in [-0.2, 0) is 9.53 Å². The summed E-state index contributed by atoms with van der Waals surface area (Å²) in [7, 11) is 0. The van der Waals surface area contributed by atoms with E-state index in [1.54, 1.807) is 0 Å². The number of rotatable bonds is 6. The minimum absolute atomic E-state index is 0.306. The van der Waals surface area contributed by atoms with Gasteiger partial charge in [0.15, 0.2) is 0 Å². The normalized spacial score (nSPS) is 24.8. The molecule has 1 unspecified atom stereocenters. The first-order valence-electron chi connectivity index (χ1n) is 6.79. The standard InChI is InChI=1S/C13H23NO3/c1-2-12(13(15)16)14-7-5-11(6-8-14)17-9-10-3-4-10/h10-12H,2-9H2,1H3,(H,15,16).